The molecule has 0 unspecified atom stereocenters. The lowest BCUT2D eigenvalue weighted by Gasteiger charge is -2.18. The number of nitrogens with one attached hydrogen (secondary N) is 1. The highest BCUT2D eigenvalue weighted by atomic mass is 31.2. The van der Waals surface area contributed by atoms with E-state index in [-0.39, 0.29) is 0 Å². The minimum atomic E-state index is -2.42. The molecule has 0 spiro atoms. The first-order chi connectivity index (χ1) is 7.68. The first kappa shape index (κ1) is 12.8. The summed E-state index contributed by atoms with van der Waals surface area (Å²) in [5, 5.41) is 3.96. The number of hydrogen-bond acceptors (Lipinski definition) is 2. The standard InChI is InChI=1S/C13H18NOP/c1-4-10-16(15,11-5-2)13-9-7-6-8-12(13)14-3/h4-9,14H,1-2,10-11H2,3H3. The van der Waals surface area contributed by atoms with E-state index in [2.05, 4.69) is 18.5 Å². The van der Waals surface area contributed by atoms with Crippen molar-refractivity contribution in [2.75, 3.05) is 24.7 Å². The van der Waals surface area contributed by atoms with Gasteiger partial charge in [-0.2, -0.15) is 0 Å². The van der Waals surface area contributed by atoms with Gasteiger partial charge in [-0.05, 0) is 12.1 Å². The fourth-order valence-corrected chi connectivity index (χ4v) is 4.09. The molecule has 0 bridgehead atoms. The topological polar surface area (TPSA) is 29.1 Å². The molecule has 1 aromatic rings. The lowest BCUT2D eigenvalue weighted by atomic mass is 10.3. The van der Waals surface area contributed by atoms with E-state index in [0.717, 1.165) is 11.0 Å². The van der Waals surface area contributed by atoms with E-state index in [1.165, 1.54) is 0 Å². The van der Waals surface area contributed by atoms with Crippen molar-refractivity contribution in [3.05, 3.63) is 49.6 Å². The van der Waals surface area contributed by atoms with Crippen LogP contribution in [0.3, 0.4) is 0 Å². The summed E-state index contributed by atoms with van der Waals surface area (Å²) in [6, 6.07) is 7.70. The van der Waals surface area contributed by atoms with Gasteiger partial charge in [0.25, 0.3) is 0 Å². The first-order valence-corrected chi connectivity index (χ1v) is 7.33. The van der Waals surface area contributed by atoms with Gasteiger partial charge in [-0.1, -0.05) is 24.3 Å². The van der Waals surface area contributed by atoms with Crippen molar-refractivity contribution < 1.29 is 4.57 Å². The van der Waals surface area contributed by atoms with Crippen LogP contribution >= 0.6 is 7.14 Å². The van der Waals surface area contributed by atoms with E-state index < -0.39 is 7.14 Å². The van der Waals surface area contributed by atoms with Crippen LogP contribution in [-0.4, -0.2) is 19.4 Å². The number of para-hydroxylation sites is 1. The highest BCUT2D eigenvalue weighted by Crippen LogP contribution is 2.46. The minimum absolute atomic E-state index is 0.512. The zero-order valence-electron chi connectivity index (χ0n) is 9.65. The van der Waals surface area contributed by atoms with Gasteiger partial charge < -0.3 is 9.88 Å². The maximum Gasteiger partial charge on any atom is 0.124 e. The highest BCUT2D eigenvalue weighted by Gasteiger charge is 2.23. The number of benzene rings is 1. The Labute approximate surface area is 97.4 Å². The van der Waals surface area contributed by atoms with Gasteiger partial charge in [0.1, 0.15) is 7.14 Å². The van der Waals surface area contributed by atoms with E-state index in [9.17, 15) is 4.57 Å². The van der Waals surface area contributed by atoms with Crippen molar-refractivity contribution in [3.8, 4) is 0 Å². The van der Waals surface area contributed by atoms with Crippen molar-refractivity contribution >= 4 is 18.1 Å². The fraction of sp³-hybridized carbons (Fsp3) is 0.231. The lowest BCUT2D eigenvalue weighted by Crippen LogP contribution is -2.13. The van der Waals surface area contributed by atoms with Crippen LogP contribution in [0.15, 0.2) is 49.6 Å². The quantitative estimate of drug-likeness (QED) is 0.606. The largest absolute Gasteiger partial charge is 0.388 e. The Kier molecular flexibility index (Phi) is 4.57. The molecule has 0 aliphatic rings. The Bertz CT molecular complexity index is 412. The molecule has 0 atom stereocenters. The summed E-state index contributed by atoms with van der Waals surface area (Å²) in [6.07, 6.45) is 4.46. The number of allylic oxidation sites excluding steroid dienone is 2. The van der Waals surface area contributed by atoms with Gasteiger partial charge in [0, 0.05) is 30.4 Å². The Hall–Kier alpha value is -1.27. The molecule has 0 amide bonds. The Morgan fingerprint density at radius 3 is 2.31 bits per heavy atom. The van der Waals surface area contributed by atoms with Crippen LogP contribution in [0.1, 0.15) is 0 Å². The zero-order chi connectivity index (χ0) is 12.0. The number of rotatable bonds is 6. The summed E-state index contributed by atoms with van der Waals surface area (Å²) < 4.78 is 12.8. The Morgan fingerprint density at radius 2 is 1.81 bits per heavy atom. The van der Waals surface area contributed by atoms with Gasteiger partial charge in [0.15, 0.2) is 0 Å². The molecule has 0 saturated carbocycles. The normalized spacial score (nSPS) is 10.8. The third kappa shape index (κ3) is 2.65. The number of hydrogen-bond donors (Lipinski definition) is 1. The van der Waals surface area contributed by atoms with Gasteiger partial charge in [-0.3, -0.25) is 0 Å². The van der Waals surface area contributed by atoms with Crippen molar-refractivity contribution in [1.82, 2.24) is 0 Å². The average molecular weight is 235 g/mol. The molecular weight excluding hydrogens is 217 g/mol. The molecule has 0 fully saturated rings. The van der Waals surface area contributed by atoms with E-state index in [4.69, 9.17) is 0 Å². The van der Waals surface area contributed by atoms with Crippen LogP contribution in [0.5, 0.6) is 0 Å². The van der Waals surface area contributed by atoms with Crippen molar-refractivity contribution in [2.45, 2.75) is 0 Å². The van der Waals surface area contributed by atoms with Gasteiger partial charge in [-0.25, -0.2) is 0 Å². The van der Waals surface area contributed by atoms with Crippen molar-refractivity contribution in [3.63, 3.8) is 0 Å². The van der Waals surface area contributed by atoms with Gasteiger partial charge in [-0.15, -0.1) is 13.2 Å². The molecule has 0 aliphatic carbocycles. The van der Waals surface area contributed by atoms with Crippen LogP contribution in [-0.2, 0) is 4.57 Å². The van der Waals surface area contributed by atoms with Crippen LogP contribution in [0.4, 0.5) is 5.69 Å². The SMILES string of the molecule is C=CCP(=O)(CC=C)c1ccccc1NC. The molecular formula is C13H18NOP. The van der Waals surface area contributed by atoms with Crippen LogP contribution in [0.25, 0.3) is 0 Å². The Morgan fingerprint density at radius 1 is 1.25 bits per heavy atom. The summed E-state index contributed by atoms with van der Waals surface area (Å²) in [5.41, 5.74) is 0.925. The lowest BCUT2D eigenvalue weighted by molar-refractivity contribution is 0.585. The summed E-state index contributed by atoms with van der Waals surface area (Å²) in [7, 11) is -0.586. The fourth-order valence-electron chi connectivity index (χ4n) is 1.73. The zero-order valence-corrected chi connectivity index (χ0v) is 10.5. The second-order valence-corrected chi connectivity index (χ2v) is 6.59. The van der Waals surface area contributed by atoms with Crippen LogP contribution in [0, 0.1) is 0 Å². The molecule has 0 radical (unpaired) electrons. The Balaban J connectivity index is 3.24. The van der Waals surface area contributed by atoms with E-state index >= 15 is 0 Å². The molecule has 3 heteroatoms. The smallest absolute Gasteiger partial charge is 0.124 e. The summed E-state index contributed by atoms with van der Waals surface area (Å²) >= 11 is 0. The van der Waals surface area contributed by atoms with Crippen LogP contribution in [0.2, 0.25) is 0 Å². The van der Waals surface area contributed by atoms with Gasteiger partial charge >= 0.3 is 0 Å². The first-order valence-electron chi connectivity index (χ1n) is 5.25. The number of anilines is 1. The second-order valence-electron chi connectivity index (χ2n) is 3.60. The highest BCUT2D eigenvalue weighted by molar-refractivity contribution is 7.72. The summed E-state index contributed by atoms with van der Waals surface area (Å²) in [5.74, 6) is 0. The van der Waals surface area contributed by atoms with Gasteiger partial charge in [0.05, 0.1) is 0 Å². The van der Waals surface area contributed by atoms with E-state index in [0.29, 0.717) is 12.3 Å². The van der Waals surface area contributed by atoms with Gasteiger partial charge in [0.2, 0.25) is 0 Å². The summed E-state index contributed by atoms with van der Waals surface area (Å²) in [6.45, 7) is 7.36. The molecule has 1 aromatic carbocycles. The molecule has 0 heterocycles. The summed E-state index contributed by atoms with van der Waals surface area (Å²) in [4.78, 5) is 0. The average Bonchev–Trinajstić information content (AvgIpc) is 2.29. The molecule has 1 rings (SSSR count). The van der Waals surface area contributed by atoms with E-state index in [1.54, 1.807) is 12.2 Å². The monoisotopic (exact) mass is 235 g/mol. The third-order valence-corrected chi connectivity index (χ3v) is 5.42. The van der Waals surface area contributed by atoms with Crippen molar-refractivity contribution in [2.24, 2.45) is 0 Å². The van der Waals surface area contributed by atoms with E-state index in [1.807, 2.05) is 31.3 Å². The molecule has 1 N–H and O–H groups in total. The maximum atomic E-state index is 12.8. The molecule has 0 saturated heterocycles. The minimum Gasteiger partial charge on any atom is -0.388 e. The van der Waals surface area contributed by atoms with Crippen LogP contribution < -0.4 is 10.6 Å². The van der Waals surface area contributed by atoms with Crippen molar-refractivity contribution in [1.29, 1.82) is 0 Å². The third-order valence-electron chi connectivity index (χ3n) is 2.46. The molecule has 2 nitrogen and oxygen atoms in total. The predicted octanol–water partition coefficient (Wildman–Crippen LogP) is 3.09. The molecule has 16 heavy (non-hydrogen) atoms. The maximum absolute atomic E-state index is 12.8. The second kappa shape index (κ2) is 5.72. The molecule has 0 aromatic heterocycles. The molecule has 0 aliphatic heterocycles. The predicted molar refractivity (Wildman–Crippen MR) is 73.4 cm³/mol. The molecule has 86 valence electrons.